The van der Waals surface area contributed by atoms with Crippen LogP contribution in [-0.2, 0) is 14.3 Å². The van der Waals surface area contributed by atoms with E-state index in [1.807, 2.05) is 12.1 Å². The highest BCUT2D eigenvalue weighted by molar-refractivity contribution is 6.54. The predicted octanol–water partition coefficient (Wildman–Crippen LogP) is 4.29. The van der Waals surface area contributed by atoms with Crippen molar-refractivity contribution in [3.05, 3.63) is 54.1 Å². The summed E-state index contributed by atoms with van der Waals surface area (Å²) in [6, 6.07) is 12.3. The fourth-order valence-electron chi connectivity index (χ4n) is 4.13. The van der Waals surface area contributed by atoms with Gasteiger partial charge in [0.25, 0.3) is 5.91 Å². The SMILES string of the molecule is CCOC(=O)C1CCN(CN2C(=O)C(=Nc3ccc(OC(F)(F)F)cc3)c3ccccc32)CC1. The van der Waals surface area contributed by atoms with Crippen LogP contribution in [0.3, 0.4) is 0 Å². The number of anilines is 1. The normalized spacial score (nSPS) is 18.3. The molecule has 0 unspecified atom stereocenters. The van der Waals surface area contributed by atoms with Crippen LogP contribution in [0.5, 0.6) is 5.75 Å². The van der Waals surface area contributed by atoms with Gasteiger partial charge in [-0.1, -0.05) is 18.2 Å². The summed E-state index contributed by atoms with van der Waals surface area (Å²) in [6.45, 7) is 3.81. The first-order chi connectivity index (χ1) is 16.2. The van der Waals surface area contributed by atoms with E-state index < -0.39 is 6.36 Å². The monoisotopic (exact) mass is 475 g/mol. The first-order valence-corrected chi connectivity index (χ1v) is 11.0. The highest BCUT2D eigenvalue weighted by Gasteiger charge is 2.36. The second-order valence-electron chi connectivity index (χ2n) is 8.04. The molecule has 7 nitrogen and oxygen atoms in total. The summed E-state index contributed by atoms with van der Waals surface area (Å²) in [5.41, 5.74) is 1.94. The van der Waals surface area contributed by atoms with Crippen molar-refractivity contribution in [3.63, 3.8) is 0 Å². The molecular weight excluding hydrogens is 451 g/mol. The largest absolute Gasteiger partial charge is 0.573 e. The molecule has 180 valence electrons. The average molecular weight is 475 g/mol. The van der Waals surface area contributed by atoms with E-state index >= 15 is 0 Å². The number of alkyl halides is 3. The van der Waals surface area contributed by atoms with E-state index in [2.05, 4.69) is 14.6 Å². The van der Waals surface area contributed by atoms with E-state index in [4.69, 9.17) is 4.74 Å². The summed E-state index contributed by atoms with van der Waals surface area (Å²) in [5.74, 6) is -0.947. The fraction of sp³-hybridized carbons (Fsp3) is 0.375. The van der Waals surface area contributed by atoms with Crippen molar-refractivity contribution >= 4 is 29.0 Å². The molecule has 2 aliphatic heterocycles. The second kappa shape index (κ2) is 9.84. The number of hydrogen-bond donors (Lipinski definition) is 0. The third-order valence-corrected chi connectivity index (χ3v) is 5.76. The Morgan fingerprint density at radius 2 is 1.76 bits per heavy atom. The number of piperidine rings is 1. The summed E-state index contributed by atoms with van der Waals surface area (Å²) < 4.78 is 46.2. The van der Waals surface area contributed by atoms with Crippen LogP contribution in [0.15, 0.2) is 53.5 Å². The lowest BCUT2D eigenvalue weighted by Gasteiger charge is -2.33. The van der Waals surface area contributed by atoms with Gasteiger partial charge in [-0.25, -0.2) is 4.99 Å². The van der Waals surface area contributed by atoms with Gasteiger partial charge >= 0.3 is 12.3 Å². The topological polar surface area (TPSA) is 71.4 Å². The second-order valence-corrected chi connectivity index (χ2v) is 8.04. The quantitative estimate of drug-likeness (QED) is 0.583. The fourth-order valence-corrected chi connectivity index (χ4v) is 4.13. The Morgan fingerprint density at radius 1 is 1.09 bits per heavy atom. The Labute approximate surface area is 194 Å². The average Bonchev–Trinajstić information content (AvgIpc) is 3.06. The lowest BCUT2D eigenvalue weighted by Crippen LogP contribution is -2.45. The van der Waals surface area contributed by atoms with Crippen LogP contribution in [0.4, 0.5) is 24.5 Å². The standard InChI is InChI=1S/C24H24F3N3O4/c1-2-33-23(32)16-11-13-29(14-12-16)15-30-20-6-4-3-5-19(20)21(22(30)31)28-17-7-9-18(10-8-17)34-24(25,26)27/h3-10,16H,2,11-15H2,1H3. The molecule has 0 atom stereocenters. The van der Waals surface area contributed by atoms with Crippen LogP contribution >= 0.6 is 0 Å². The molecule has 1 fully saturated rings. The van der Waals surface area contributed by atoms with E-state index in [0.29, 0.717) is 50.5 Å². The Bertz CT molecular complexity index is 1080. The number of ether oxygens (including phenoxy) is 2. The van der Waals surface area contributed by atoms with Crippen LogP contribution < -0.4 is 9.64 Å². The van der Waals surface area contributed by atoms with Crippen molar-refractivity contribution in [3.8, 4) is 5.75 Å². The molecule has 0 aliphatic carbocycles. The molecule has 0 radical (unpaired) electrons. The summed E-state index contributed by atoms with van der Waals surface area (Å²) in [4.78, 5) is 33.4. The molecule has 0 bridgehead atoms. The van der Waals surface area contributed by atoms with Crippen LogP contribution in [0.2, 0.25) is 0 Å². The van der Waals surface area contributed by atoms with E-state index in [0.717, 1.165) is 17.8 Å². The highest BCUT2D eigenvalue weighted by Crippen LogP contribution is 2.32. The number of rotatable bonds is 6. The number of hydrogen-bond acceptors (Lipinski definition) is 6. The molecular formula is C24H24F3N3O4. The van der Waals surface area contributed by atoms with Crippen molar-refractivity contribution in [2.45, 2.75) is 26.1 Å². The minimum atomic E-state index is -4.78. The molecule has 4 rings (SSSR count). The van der Waals surface area contributed by atoms with Gasteiger partial charge in [-0.2, -0.15) is 0 Å². The molecule has 2 aliphatic rings. The summed E-state index contributed by atoms with van der Waals surface area (Å²) in [7, 11) is 0. The number of para-hydroxylation sites is 1. The van der Waals surface area contributed by atoms with Crippen LogP contribution in [-0.4, -0.2) is 55.2 Å². The number of carbonyl (C=O) groups excluding carboxylic acids is 2. The Kier molecular flexibility index (Phi) is 6.87. The first-order valence-electron chi connectivity index (χ1n) is 11.0. The molecule has 0 aromatic heterocycles. The molecule has 0 saturated carbocycles. The summed E-state index contributed by atoms with van der Waals surface area (Å²) in [5, 5.41) is 0. The maximum atomic E-state index is 13.3. The third kappa shape index (κ3) is 5.39. The Hall–Kier alpha value is -3.40. The van der Waals surface area contributed by atoms with Crippen molar-refractivity contribution in [2.75, 3.05) is 31.3 Å². The lowest BCUT2D eigenvalue weighted by atomic mass is 9.97. The molecule has 0 spiro atoms. The van der Waals surface area contributed by atoms with Crippen molar-refractivity contribution in [1.29, 1.82) is 0 Å². The number of carbonyl (C=O) groups is 2. The number of benzene rings is 2. The molecule has 34 heavy (non-hydrogen) atoms. The minimum Gasteiger partial charge on any atom is -0.466 e. The highest BCUT2D eigenvalue weighted by atomic mass is 19.4. The maximum Gasteiger partial charge on any atom is 0.573 e. The number of esters is 1. The number of halogens is 3. The van der Waals surface area contributed by atoms with Gasteiger partial charge in [0.15, 0.2) is 0 Å². The number of amides is 1. The van der Waals surface area contributed by atoms with Crippen LogP contribution in [0.1, 0.15) is 25.3 Å². The van der Waals surface area contributed by atoms with Crippen molar-refractivity contribution in [2.24, 2.45) is 10.9 Å². The first kappa shape index (κ1) is 23.7. The van der Waals surface area contributed by atoms with Gasteiger partial charge < -0.3 is 9.47 Å². The van der Waals surface area contributed by atoms with Crippen molar-refractivity contribution in [1.82, 2.24) is 4.90 Å². The van der Waals surface area contributed by atoms with Crippen molar-refractivity contribution < 1.29 is 32.2 Å². The summed E-state index contributed by atoms with van der Waals surface area (Å²) >= 11 is 0. The molecule has 2 aromatic carbocycles. The molecule has 1 saturated heterocycles. The summed E-state index contributed by atoms with van der Waals surface area (Å²) in [6.07, 6.45) is -3.45. The van der Waals surface area contributed by atoms with Crippen LogP contribution in [0, 0.1) is 5.92 Å². The smallest absolute Gasteiger partial charge is 0.466 e. The maximum absolute atomic E-state index is 13.3. The zero-order valence-corrected chi connectivity index (χ0v) is 18.5. The number of likely N-dealkylation sites (tertiary alicyclic amines) is 1. The molecule has 2 aromatic rings. The molecule has 1 amide bonds. The van der Waals surface area contributed by atoms with E-state index in [1.54, 1.807) is 24.0 Å². The van der Waals surface area contributed by atoms with Crippen LogP contribution in [0.25, 0.3) is 0 Å². The number of aliphatic imine (C=N–C) groups is 1. The van der Waals surface area contributed by atoms with Gasteiger partial charge in [-0.05, 0) is 50.1 Å². The minimum absolute atomic E-state index is 0.126. The Morgan fingerprint density at radius 3 is 2.41 bits per heavy atom. The molecule has 2 heterocycles. The van der Waals surface area contributed by atoms with Gasteiger partial charge in [0, 0.05) is 18.7 Å². The van der Waals surface area contributed by atoms with Gasteiger partial charge in [0.05, 0.1) is 30.6 Å². The zero-order chi connectivity index (χ0) is 24.3. The van der Waals surface area contributed by atoms with E-state index in [-0.39, 0.29) is 29.3 Å². The van der Waals surface area contributed by atoms with Gasteiger partial charge in [-0.3, -0.25) is 19.4 Å². The lowest BCUT2D eigenvalue weighted by molar-refractivity contribution is -0.274. The zero-order valence-electron chi connectivity index (χ0n) is 18.5. The molecule has 0 N–H and O–H groups in total. The molecule has 10 heteroatoms. The Balaban J connectivity index is 1.48. The van der Waals surface area contributed by atoms with E-state index in [1.165, 1.54) is 12.1 Å². The van der Waals surface area contributed by atoms with Gasteiger partial charge in [0.1, 0.15) is 11.5 Å². The van der Waals surface area contributed by atoms with E-state index in [9.17, 15) is 22.8 Å². The van der Waals surface area contributed by atoms with Gasteiger partial charge in [0.2, 0.25) is 0 Å². The number of nitrogens with zero attached hydrogens (tertiary/aromatic N) is 3. The van der Waals surface area contributed by atoms with Gasteiger partial charge in [-0.15, -0.1) is 13.2 Å². The third-order valence-electron chi connectivity index (χ3n) is 5.76. The predicted molar refractivity (Wildman–Crippen MR) is 119 cm³/mol. The number of fused-ring (bicyclic) bond motifs is 1.